The van der Waals surface area contributed by atoms with Gasteiger partial charge < -0.3 is 36.8 Å². The number of rotatable bonds is 6. The highest BCUT2D eigenvalue weighted by atomic mass is 16.3. The first-order chi connectivity index (χ1) is 21.5. The second-order valence-corrected chi connectivity index (χ2v) is 13.3. The third kappa shape index (κ3) is 5.22. The number of amides is 1. The SMILES string of the molecule is CN(C)c1cc(C#CCC(C)(N)Cc2ccccc2)c(O)c2c1C[C@H]1C[C@H]3[C@H](N(C)C)C(O)=C(C(N)=O)C(=O)[C@@]3(O)C(O)=C1C2=O. The molecule has 0 aromatic heterocycles. The van der Waals surface area contributed by atoms with Crippen LogP contribution in [0.1, 0.15) is 46.8 Å². The number of nitrogens with two attached hydrogens (primary N) is 2. The van der Waals surface area contributed by atoms with Crippen molar-refractivity contribution in [3.05, 3.63) is 81.3 Å². The summed E-state index contributed by atoms with van der Waals surface area (Å²) >= 11 is 0. The minimum atomic E-state index is -2.70. The van der Waals surface area contributed by atoms with Crippen LogP contribution >= 0.6 is 0 Å². The van der Waals surface area contributed by atoms with E-state index in [-0.39, 0.29) is 35.3 Å². The number of allylic oxidation sites excluding steroid dienone is 1. The van der Waals surface area contributed by atoms with E-state index in [2.05, 4.69) is 11.8 Å². The molecule has 46 heavy (non-hydrogen) atoms. The second kappa shape index (κ2) is 11.6. The molecule has 242 valence electrons. The van der Waals surface area contributed by atoms with E-state index in [0.29, 0.717) is 24.1 Å². The van der Waals surface area contributed by atoms with Crippen molar-refractivity contribution in [3.63, 3.8) is 0 Å². The molecule has 11 nitrogen and oxygen atoms in total. The van der Waals surface area contributed by atoms with Gasteiger partial charge in [0, 0.05) is 43.2 Å². The average Bonchev–Trinajstić information content (AvgIpc) is 2.95. The number of fused-ring (bicyclic) bond motifs is 3. The Balaban J connectivity index is 1.59. The minimum Gasteiger partial charge on any atom is -0.510 e. The number of anilines is 1. The summed E-state index contributed by atoms with van der Waals surface area (Å²) in [6.45, 7) is 1.89. The monoisotopic (exact) mass is 628 g/mol. The number of aliphatic hydroxyl groups excluding tert-OH is 2. The van der Waals surface area contributed by atoms with Gasteiger partial charge in [-0.15, -0.1) is 0 Å². The molecule has 3 aliphatic rings. The van der Waals surface area contributed by atoms with Gasteiger partial charge in [0.05, 0.1) is 17.2 Å². The topological polar surface area (TPSA) is 191 Å². The number of phenolic OH excluding ortho intramolecular Hbond substituents is 1. The number of carbonyl (C=O) groups is 3. The van der Waals surface area contributed by atoms with Gasteiger partial charge in [-0.05, 0) is 63.4 Å². The minimum absolute atomic E-state index is 0.0114. The van der Waals surface area contributed by atoms with Crippen molar-refractivity contribution in [2.45, 2.75) is 49.8 Å². The third-order valence-corrected chi connectivity index (χ3v) is 9.35. The predicted octanol–water partition coefficient (Wildman–Crippen LogP) is 1.89. The Labute approximate surface area is 267 Å². The number of hydrogen-bond acceptors (Lipinski definition) is 10. The number of aliphatic hydroxyl groups is 3. The van der Waals surface area contributed by atoms with Crippen LogP contribution in [-0.2, 0) is 22.4 Å². The van der Waals surface area contributed by atoms with Crippen LogP contribution in [0.5, 0.6) is 5.75 Å². The molecule has 1 amide bonds. The Morgan fingerprint density at radius 1 is 1.11 bits per heavy atom. The summed E-state index contributed by atoms with van der Waals surface area (Å²) in [6, 6.07) is 10.4. The summed E-state index contributed by atoms with van der Waals surface area (Å²) < 4.78 is 0. The van der Waals surface area contributed by atoms with Gasteiger partial charge in [0.2, 0.25) is 5.78 Å². The van der Waals surface area contributed by atoms with Gasteiger partial charge in [0.1, 0.15) is 22.8 Å². The number of primary amides is 1. The average molecular weight is 629 g/mol. The van der Waals surface area contributed by atoms with Gasteiger partial charge in [-0.1, -0.05) is 42.2 Å². The van der Waals surface area contributed by atoms with Crippen LogP contribution in [0.4, 0.5) is 5.69 Å². The highest BCUT2D eigenvalue weighted by Gasteiger charge is 2.63. The Bertz CT molecular complexity index is 1760. The Morgan fingerprint density at radius 2 is 1.76 bits per heavy atom. The van der Waals surface area contributed by atoms with Crippen LogP contribution in [0.2, 0.25) is 0 Å². The fraction of sp³-hybridized carbons (Fsp3) is 0.400. The number of aromatic hydroxyl groups is 1. The van der Waals surface area contributed by atoms with Crippen LogP contribution in [0.15, 0.2) is 59.1 Å². The first-order valence-corrected chi connectivity index (χ1v) is 15.0. The van der Waals surface area contributed by atoms with E-state index in [0.717, 1.165) is 5.56 Å². The van der Waals surface area contributed by atoms with Gasteiger partial charge in [-0.2, -0.15) is 0 Å². The van der Waals surface area contributed by atoms with E-state index in [1.165, 1.54) is 4.90 Å². The Morgan fingerprint density at radius 3 is 2.35 bits per heavy atom. The van der Waals surface area contributed by atoms with Gasteiger partial charge >= 0.3 is 0 Å². The van der Waals surface area contributed by atoms with Crippen molar-refractivity contribution >= 4 is 23.2 Å². The molecular formula is C35H40N4O7. The number of ketones is 2. The molecule has 0 fully saturated rings. The molecular weight excluding hydrogens is 588 g/mol. The normalized spacial score (nSPS) is 25.3. The van der Waals surface area contributed by atoms with Gasteiger partial charge in [-0.25, -0.2) is 0 Å². The lowest BCUT2D eigenvalue weighted by Crippen LogP contribution is -2.63. The molecule has 0 spiro atoms. The van der Waals surface area contributed by atoms with Gasteiger partial charge in [0.25, 0.3) is 5.91 Å². The summed E-state index contributed by atoms with van der Waals surface area (Å²) in [5.74, 6) is -0.949. The maximum absolute atomic E-state index is 14.2. The van der Waals surface area contributed by atoms with Crippen LogP contribution in [0, 0.1) is 23.7 Å². The summed E-state index contributed by atoms with van der Waals surface area (Å²) in [7, 11) is 6.77. The van der Waals surface area contributed by atoms with Crippen molar-refractivity contribution in [1.29, 1.82) is 0 Å². The zero-order valence-corrected chi connectivity index (χ0v) is 26.6. The maximum Gasteiger partial charge on any atom is 0.255 e. The number of Topliss-reactive ketones (excluding diaryl/α,β-unsaturated/α-hetero) is 2. The van der Waals surface area contributed by atoms with E-state index in [9.17, 15) is 34.8 Å². The number of hydrogen-bond donors (Lipinski definition) is 6. The summed E-state index contributed by atoms with van der Waals surface area (Å²) in [5, 5.41) is 45.8. The molecule has 1 unspecified atom stereocenters. The molecule has 5 rings (SSSR count). The van der Waals surface area contributed by atoms with Crippen molar-refractivity contribution in [2.75, 3.05) is 33.1 Å². The second-order valence-electron chi connectivity index (χ2n) is 13.3. The van der Waals surface area contributed by atoms with Crippen molar-refractivity contribution in [1.82, 2.24) is 4.90 Å². The fourth-order valence-corrected chi connectivity index (χ4v) is 7.26. The van der Waals surface area contributed by atoms with Crippen molar-refractivity contribution in [3.8, 4) is 17.6 Å². The number of nitrogens with zero attached hydrogens (tertiary/aromatic N) is 2. The van der Waals surface area contributed by atoms with E-state index < -0.39 is 63.6 Å². The molecule has 0 saturated heterocycles. The first-order valence-electron chi connectivity index (χ1n) is 15.0. The molecule has 8 N–H and O–H groups in total. The van der Waals surface area contributed by atoms with Crippen LogP contribution in [0.3, 0.4) is 0 Å². The van der Waals surface area contributed by atoms with Crippen LogP contribution in [-0.4, -0.2) is 88.2 Å². The molecule has 2 aromatic carbocycles. The lowest BCUT2D eigenvalue weighted by Gasteiger charge is -2.50. The lowest BCUT2D eigenvalue weighted by molar-refractivity contribution is -0.148. The smallest absolute Gasteiger partial charge is 0.255 e. The third-order valence-electron chi connectivity index (χ3n) is 9.35. The Kier molecular flexibility index (Phi) is 8.28. The molecule has 0 saturated carbocycles. The molecule has 0 heterocycles. The zero-order valence-electron chi connectivity index (χ0n) is 26.6. The zero-order chi connectivity index (χ0) is 33.9. The predicted molar refractivity (Wildman–Crippen MR) is 172 cm³/mol. The largest absolute Gasteiger partial charge is 0.510 e. The maximum atomic E-state index is 14.2. The van der Waals surface area contributed by atoms with Gasteiger partial charge in [0.15, 0.2) is 11.4 Å². The highest BCUT2D eigenvalue weighted by molar-refractivity contribution is 6.25. The molecule has 0 radical (unpaired) electrons. The number of benzene rings is 2. The quantitative estimate of drug-likeness (QED) is 0.203. The molecule has 2 aromatic rings. The fourth-order valence-electron chi connectivity index (χ4n) is 7.26. The van der Waals surface area contributed by atoms with E-state index in [1.54, 1.807) is 39.2 Å². The van der Waals surface area contributed by atoms with E-state index >= 15 is 0 Å². The summed E-state index contributed by atoms with van der Waals surface area (Å²) in [4.78, 5) is 43.3. The van der Waals surface area contributed by atoms with Crippen LogP contribution in [0.25, 0.3) is 0 Å². The molecule has 3 aliphatic carbocycles. The Hall–Kier alpha value is -4.63. The summed E-state index contributed by atoms with van der Waals surface area (Å²) in [5.41, 5.74) is 9.83. The number of likely N-dealkylation sites (N-methyl/N-ethyl adjacent to an activating group) is 1. The van der Waals surface area contributed by atoms with Crippen LogP contribution < -0.4 is 16.4 Å². The van der Waals surface area contributed by atoms with Crippen molar-refractivity contribution in [2.24, 2.45) is 23.3 Å². The number of carbonyl (C=O) groups excluding carboxylic acids is 3. The van der Waals surface area contributed by atoms with Gasteiger partial charge in [-0.3, -0.25) is 19.3 Å². The van der Waals surface area contributed by atoms with E-state index in [1.807, 2.05) is 37.3 Å². The summed E-state index contributed by atoms with van der Waals surface area (Å²) in [6.07, 6.45) is 1.07. The molecule has 0 bridgehead atoms. The van der Waals surface area contributed by atoms with E-state index in [4.69, 9.17) is 11.5 Å². The number of phenols is 1. The highest BCUT2D eigenvalue weighted by Crippen LogP contribution is 2.53. The first kappa shape index (κ1) is 32.8. The molecule has 0 aliphatic heterocycles. The molecule has 11 heteroatoms. The lowest BCUT2D eigenvalue weighted by atomic mass is 9.58. The molecule has 5 atom stereocenters. The standard InChI is InChI=1S/C35H40N4O7/c1-34(37,17-18-10-7-6-8-11-18)13-9-12-19-16-23(38(2)3)21-14-20-15-22-27(39(4)5)30(42)26(33(36)45)32(44)35(22,46)31(43)24(20)29(41)25(21)28(19)40/h6-8,10-11,16,20,22,27,40,42-43,46H,13-15,17,37H2,1-5H3,(H2,36,45)/t20-,22-,27-,34?,35-/m0/s1. The van der Waals surface area contributed by atoms with Crippen molar-refractivity contribution < 1.29 is 34.8 Å².